The van der Waals surface area contributed by atoms with Gasteiger partial charge in [0, 0.05) is 17.8 Å². The zero-order valence-corrected chi connectivity index (χ0v) is 9.80. The summed E-state index contributed by atoms with van der Waals surface area (Å²) in [6.45, 7) is 5.29. The smallest absolute Gasteiger partial charge is 0.229 e. The van der Waals surface area contributed by atoms with Crippen molar-refractivity contribution in [3.8, 4) is 0 Å². The van der Waals surface area contributed by atoms with E-state index in [2.05, 4.69) is 4.98 Å². The summed E-state index contributed by atoms with van der Waals surface area (Å²) in [6, 6.07) is 0. The largest absolute Gasteiger partial charge is 0.330 e. The van der Waals surface area contributed by atoms with E-state index in [1.54, 1.807) is 16.2 Å². The zero-order chi connectivity index (χ0) is 11.0. The molecule has 1 aliphatic heterocycles. The molecule has 82 valence electrons. The van der Waals surface area contributed by atoms with E-state index in [1.807, 2.05) is 13.8 Å². The molecule has 2 N–H and O–H groups in total. The Kier molecular flexibility index (Phi) is 2.75. The van der Waals surface area contributed by atoms with Crippen LogP contribution in [0.5, 0.6) is 0 Å². The molecule has 2 heterocycles. The third-order valence-electron chi connectivity index (χ3n) is 2.79. The van der Waals surface area contributed by atoms with Crippen molar-refractivity contribution in [2.75, 3.05) is 18.0 Å². The van der Waals surface area contributed by atoms with Crippen molar-refractivity contribution in [3.63, 3.8) is 0 Å². The molecule has 0 aliphatic carbocycles. The maximum absolute atomic E-state index is 11.7. The summed E-state index contributed by atoms with van der Waals surface area (Å²) >= 11 is 1.58. The van der Waals surface area contributed by atoms with Crippen LogP contribution in [-0.4, -0.2) is 24.0 Å². The molecule has 0 bridgehead atoms. The van der Waals surface area contributed by atoms with Crippen molar-refractivity contribution < 1.29 is 4.79 Å². The van der Waals surface area contributed by atoms with Gasteiger partial charge in [-0.25, -0.2) is 4.98 Å². The predicted molar refractivity (Wildman–Crippen MR) is 61.1 cm³/mol. The van der Waals surface area contributed by atoms with Crippen LogP contribution in [0.4, 0.5) is 5.13 Å². The van der Waals surface area contributed by atoms with Crippen LogP contribution < -0.4 is 10.6 Å². The first-order valence-corrected chi connectivity index (χ1v) is 5.88. The third-order valence-corrected chi connectivity index (χ3v) is 3.88. The van der Waals surface area contributed by atoms with Crippen LogP contribution in [0.15, 0.2) is 0 Å². The molecule has 1 saturated heterocycles. The van der Waals surface area contributed by atoms with E-state index in [0.717, 1.165) is 17.4 Å². The number of aryl methyl sites for hydroxylation is 2. The van der Waals surface area contributed by atoms with E-state index in [9.17, 15) is 4.79 Å². The SMILES string of the molecule is Cc1nc(N2CC(CN)CC2=O)sc1C. The van der Waals surface area contributed by atoms with E-state index >= 15 is 0 Å². The number of hydrogen-bond donors (Lipinski definition) is 1. The summed E-state index contributed by atoms with van der Waals surface area (Å²) < 4.78 is 0. The molecular formula is C10H15N3OS. The van der Waals surface area contributed by atoms with Crippen LogP contribution >= 0.6 is 11.3 Å². The Bertz CT molecular complexity index is 369. The van der Waals surface area contributed by atoms with Gasteiger partial charge in [0.2, 0.25) is 5.91 Å². The quantitative estimate of drug-likeness (QED) is 0.819. The van der Waals surface area contributed by atoms with E-state index in [1.165, 1.54) is 4.88 Å². The number of hydrogen-bond acceptors (Lipinski definition) is 4. The Morgan fingerprint density at radius 3 is 2.80 bits per heavy atom. The average Bonchev–Trinajstić information content (AvgIpc) is 2.71. The molecule has 1 aromatic rings. The third kappa shape index (κ3) is 1.89. The fraction of sp³-hybridized carbons (Fsp3) is 0.600. The lowest BCUT2D eigenvalue weighted by atomic mass is 10.1. The number of nitrogens with two attached hydrogens (primary N) is 1. The lowest BCUT2D eigenvalue weighted by Gasteiger charge is -2.11. The van der Waals surface area contributed by atoms with Crippen molar-refractivity contribution in [3.05, 3.63) is 10.6 Å². The molecule has 1 aromatic heterocycles. The molecule has 15 heavy (non-hydrogen) atoms. The van der Waals surface area contributed by atoms with Crippen LogP contribution in [-0.2, 0) is 4.79 Å². The molecule has 0 saturated carbocycles. The second-order valence-electron chi connectivity index (χ2n) is 3.95. The lowest BCUT2D eigenvalue weighted by molar-refractivity contribution is -0.117. The first-order chi connectivity index (χ1) is 7.11. The number of aromatic nitrogens is 1. The minimum Gasteiger partial charge on any atom is -0.330 e. The highest BCUT2D eigenvalue weighted by atomic mass is 32.1. The van der Waals surface area contributed by atoms with Crippen molar-refractivity contribution in [2.45, 2.75) is 20.3 Å². The van der Waals surface area contributed by atoms with Crippen LogP contribution in [0.25, 0.3) is 0 Å². The fourth-order valence-electron chi connectivity index (χ4n) is 1.70. The maximum Gasteiger partial charge on any atom is 0.229 e. The molecular weight excluding hydrogens is 210 g/mol. The van der Waals surface area contributed by atoms with Crippen LogP contribution in [0, 0.1) is 19.8 Å². The Labute approximate surface area is 93.1 Å². The number of rotatable bonds is 2. The highest BCUT2D eigenvalue weighted by molar-refractivity contribution is 7.15. The Balaban J connectivity index is 2.21. The van der Waals surface area contributed by atoms with Gasteiger partial charge < -0.3 is 5.73 Å². The van der Waals surface area contributed by atoms with Crippen molar-refractivity contribution >= 4 is 22.4 Å². The molecule has 0 radical (unpaired) electrons. The number of carbonyl (C=O) groups is 1. The van der Waals surface area contributed by atoms with Gasteiger partial charge in [-0.1, -0.05) is 0 Å². The molecule has 1 unspecified atom stereocenters. The molecule has 0 aromatic carbocycles. The molecule has 1 fully saturated rings. The number of anilines is 1. The van der Waals surface area contributed by atoms with Gasteiger partial charge >= 0.3 is 0 Å². The van der Waals surface area contributed by atoms with Crippen LogP contribution in [0.1, 0.15) is 17.0 Å². The zero-order valence-electron chi connectivity index (χ0n) is 8.99. The molecule has 5 heteroatoms. The Morgan fingerprint density at radius 2 is 2.33 bits per heavy atom. The van der Waals surface area contributed by atoms with Gasteiger partial charge in [-0.05, 0) is 26.3 Å². The molecule has 1 amide bonds. The summed E-state index contributed by atoms with van der Waals surface area (Å²) in [6.07, 6.45) is 0.564. The number of amides is 1. The number of thiazole rings is 1. The fourth-order valence-corrected chi connectivity index (χ4v) is 2.63. The summed E-state index contributed by atoms with van der Waals surface area (Å²) in [5, 5.41) is 0.825. The minimum absolute atomic E-state index is 0.152. The van der Waals surface area contributed by atoms with Crippen molar-refractivity contribution in [1.82, 2.24) is 4.98 Å². The minimum atomic E-state index is 0.152. The van der Waals surface area contributed by atoms with E-state index in [-0.39, 0.29) is 5.91 Å². The van der Waals surface area contributed by atoms with Gasteiger partial charge in [0.25, 0.3) is 0 Å². The first kappa shape index (κ1) is 10.6. The molecule has 4 nitrogen and oxygen atoms in total. The monoisotopic (exact) mass is 225 g/mol. The maximum atomic E-state index is 11.7. The van der Waals surface area contributed by atoms with Gasteiger partial charge in [0.05, 0.1) is 5.69 Å². The van der Waals surface area contributed by atoms with Gasteiger partial charge in [0.15, 0.2) is 5.13 Å². The van der Waals surface area contributed by atoms with Crippen LogP contribution in [0.2, 0.25) is 0 Å². The highest BCUT2D eigenvalue weighted by Gasteiger charge is 2.31. The van der Waals surface area contributed by atoms with Gasteiger partial charge in [0.1, 0.15) is 0 Å². The van der Waals surface area contributed by atoms with Gasteiger partial charge in [-0.3, -0.25) is 9.69 Å². The topological polar surface area (TPSA) is 59.2 Å². The molecule has 2 rings (SSSR count). The number of nitrogens with zero attached hydrogens (tertiary/aromatic N) is 2. The summed E-state index contributed by atoms with van der Waals surface area (Å²) in [4.78, 5) is 19.0. The standard InChI is InChI=1S/C10H15N3OS/c1-6-7(2)15-10(12-6)13-5-8(4-11)3-9(13)14/h8H,3-5,11H2,1-2H3. The molecule has 0 spiro atoms. The molecule has 1 atom stereocenters. The van der Waals surface area contributed by atoms with E-state index in [0.29, 0.717) is 18.9 Å². The first-order valence-electron chi connectivity index (χ1n) is 5.06. The summed E-state index contributed by atoms with van der Waals surface area (Å²) in [7, 11) is 0. The Hall–Kier alpha value is -0.940. The van der Waals surface area contributed by atoms with Crippen molar-refractivity contribution in [2.24, 2.45) is 11.7 Å². The second kappa shape index (κ2) is 3.90. The Morgan fingerprint density at radius 1 is 1.60 bits per heavy atom. The average molecular weight is 225 g/mol. The summed E-state index contributed by atoms with van der Waals surface area (Å²) in [5.74, 6) is 0.446. The van der Waals surface area contributed by atoms with E-state index in [4.69, 9.17) is 5.73 Å². The molecule has 1 aliphatic rings. The predicted octanol–water partition coefficient (Wildman–Crippen LogP) is 1.07. The van der Waals surface area contributed by atoms with Crippen molar-refractivity contribution in [1.29, 1.82) is 0 Å². The van der Waals surface area contributed by atoms with E-state index < -0.39 is 0 Å². The van der Waals surface area contributed by atoms with Crippen LogP contribution in [0.3, 0.4) is 0 Å². The highest BCUT2D eigenvalue weighted by Crippen LogP contribution is 2.30. The number of carbonyl (C=O) groups excluding carboxylic acids is 1. The van der Waals surface area contributed by atoms with Gasteiger partial charge in [-0.2, -0.15) is 0 Å². The normalized spacial score (nSPS) is 21.4. The van der Waals surface area contributed by atoms with Gasteiger partial charge in [-0.15, -0.1) is 11.3 Å². The summed E-state index contributed by atoms with van der Waals surface area (Å²) in [5.41, 5.74) is 6.59. The lowest BCUT2D eigenvalue weighted by Crippen LogP contribution is -2.25. The second-order valence-corrected chi connectivity index (χ2v) is 5.13.